The van der Waals surface area contributed by atoms with Crippen LogP contribution < -0.4 is 21.1 Å². The van der Waals surface area contributed by atoms with Gasteiger partial charge in [0, 0.05) is 31.1 Å². The average Bonchev–Trinajstić information content (AvgIpc) is 3.38. The molecule has 31 heavy (non-hydrogen) atoms. The minimum Gasteiger partial charge on any atom is -0.494 e. The maximum Gasteiger partial charge on any atom is 0.252 e. The summed E-state index contributed by atoms with van der Waals surface area (Å²) in [4.78, 5) is 20.5. The minimum absolute atomic E-state index is 0.231. The third-order valence-electron chi connectivity index (χ3n) is 4.70. The van der Waals surface area contributed by atoms with Crippen LogP contribution in [-0.2, 0) is 7.05 Å². The van der Waals surface area contributed by atoms with Crippen LogP contribution in [0.3, 0.4) is 0 Å². The molecule has 0 atom stereocenters. The van der Waals surface area contributed by atoms with Crippen LogP contribution in [0.15, 0.2) is 42.9 Å². The monoisotopic (exact) mass is 419 g/mol. The van der Waals surface area contributed by atoms with E-state index in [-0.39, 0.29) is 5.56 Å². The largest absolute Gasteiger partial charge is 0.494 e. The van der Waals surface area contributed by atoms with Gasteiger partial charge in [0.15, 0.2) is 17.4 Å². The van der Waals surface area contributed by atoms with E-state index in [2.05, 4.69) is 35.9 Å². The Balaban J connectivity index is 1.72. The van der Waals surface area contributed by atoms with Crippen LogP contribution in [0.5, 0.6) is 5.75 Å². The van der Waals surface area contributed by atoms with E-state index < -0.39 is 5.91 Å². The molecule has 0 bridgehead atoms. The van der Waals surface area contributed by atoms with E-state index in [1.54, 1.807) is 17.9 Å². The summed E-state index contributed by atoms with van der Waals surface area (Å²) in [5.41, 5.74) is 8.57. The number of nitrogens with zero attached hydrogens (tertiary/aromatic N) is 5. The number of amides is 1. The number of pyridine rings is 1. The number of H-pyrrole nitrogens is 1. The van der Waals surface area contributed by atoms with Crippen molar-refractivity contribution >= 4 is 28.9 Å². The molecule has 0 aliphatic carbocycles. The Kier molecular flexibility index (Phi) is 5.22. The number of anilines is 4. The van der Waals surface area contributed by atoms with Gasteiger partial charge in [-0.3, -0.25) is 14.6 Å². The molecule has 1 amide bonds. The number of ether oxygens (including phenoxy) is 1. The highest BCUT2D eigenvalue weighted by molar-refractivity contribution is 5.99. The van der Waals surface area contributed by atoms with Crippen molar-refractivity contribution in [3.05, 3.63) is 54.1 Å². The number of aromatic amines is 1. The van der Waals surface area contributed by atoms with Gasteiger partial charge in [-0.2, -0.15) is 10.2 Å². The molecule has 0 radical (unpaired) electrons. The second-order valence-electron chi connectivity index (χ2n) is 6.74. The van der Waals surface area contributed by atoms with Gasteiger partial charge in [0.05, 0.1) is 29.6 Å². The van der Waals surface area contributed by atoms with E-state index in [0.29, 0.717) is 40.1 Å². The lowest BCUT2D eigenvalue weighted by atomic mass is 10.1. The Morgan fingerprint density at radius 3 is 2.65 bits per heavy atom. The van der Waals surface area contributed by atoms with Gasteiger partial charge in [-0.1, -0.05) is 6.07 Å². The molecule has 11 heteroatoms. The molecule has 5 N–H and O–H groups in total. The summed E-state index contributed by atoms with van der Waals surface area (Å²) < 4.78 is 7.35. The summed E-state index contributed by atoms with van der Waals surface area (Å²) in [5.74, 6) is 1.60. The van der Waals surface area contributed by atoms with Crippen molar-refractivity contribution in [1.82, 2.24) is 29.9 Å². The van der Waals surface area contributed by atoms with Crippen LogP contribution in [0.4, 0.5) is 23.0 Å². The normalized spacial score (nSPS) is 10.7. The van der Waals surface area contributed by atoms with Crippen LogP contribution >= 0.6 is 0 Å². The summed E-state index contributed by atoms with van der Waals surface area (Å²) in [6, 6.07) is 9.08. The Morgan fingerprint density at radius 1 is 1.16 bits per heavy atom. The lowest BCUT2D eigenvalue weighted by molar-refractivity contribution is 0.100. The summed E-state index contributed by atoms with van der Waals surface area (Å²) >= 11 is 0. The number of nitrogens with two attached hydrogens (primary N) is 1. The fourth-order valence-corrected chi connectivity index (χ4v) is 3.10. The molecule has 1 aromatic carbocycles. The predicted octanol–water partition coefficient (Wildman–Crippen LogP) is 2.50. The Morgan fingerprint density at radius 2 is 2.00 bits per heavy atom. The molecule has 0 fully saturated rings. The van der Waals surface area contributed by atoms with Crippen LogP contribution in [-0.4, -0.2) is 43.0 Å². The van der Waals surface area contributed by atoms with Crippen molar-refractivity contribution in [1.29, 1.82) is 0 Å². The summed E-state index contributed by atoms with van der Waals surface area (Å²) in [6.45, 7) is 1.95. The average molecular weight is 419 g/mol. The van der Waals surface area contributed by atoms with E-state index in [4.69, 9.17) is 10.5 Å². The highest BCUT2D eigenvalue weighted by atomic mass is 16.5. The molecule has 0 spiro atoms. The van der Waals surface area contributed by atoms with E-state index in [1.165, 1.54) is 12.5 Å². The first-order chi connectivity index (χ1) is 15.0. The second-order valence-corrected chi connectivity index (χ2v) is 6.74. The first kappa shape index (κ1) is 19.9. The van der Waals surface area contributed by atoms with Gasteiger partial charge in [0.25, 0.3) is 5.91 Å². The quantitative estimate of drug-likeness (QED) is 0.357. The molecule has 0 saturated carbocycles. The van der Waals surface area contributed by atoms with Crippen molar-refractivity contribution in [3.63, 3.8) is 0 Å². The Labute approximate surface area is 177 Å². The number of para-hydroxylation sites is 1. The van der Waals surface area contributed by atoms with Gasteiger partial charge in [-0.05, 0) is 19.1 Å². The molecular formula is C20H21N9O2. The van der Waals surface area contributed by atoms with Crippen LogP contribution in [0, 0.1) is 6.92 Å². The second kappa shape index (κ2) is 8.14. The van der Waals surface area contributed by atoms with E-state index in [1.807, 2.05) is 38.2 Å². The maximum absolute atomic E-state index is 12.0. The number of benzene rings is 1. The number of carbonyl (C=O) groups excluding carboxylic acids is 1. The third kappa shape index (κ3) is 4.01. The number of aryl methyl sites for hydroxylation is 2. The van der Waals surface area contributed by atoms with Crippen molar-refractivity contribution in [2.45, 2.75) is 6.92 Å². The smallest absolute Gasteiger partial charge is 0.252 e. The molecule has 0 aliphatic rings. The number of methoxy groups -OCH3 is 1. The number of primary amides is 1. The summed E-state index contributed by atoms with van der Waals surface area (Å²) in [6.07, 6.45) is 2.83. The molecule has 0 unspecified atom stereocenters. The van der Waals surface area contributed by atoms with Gasteiger partial charge in [0.1, 0.15) is 12.1 Å². The maximum atomic E-state index is 12.0. The molecular weight excluding hydrogens is 398 g/mol. The zero-order valence-electron chi connectivity index (χ0n) is 17.2. The van der Waals surface area contributed by atoms with Crippen molar-refractivity contribution < 1.29 is 9.53 Å². The summed E-state index contributed by atoms with van der Waals surface area (Å²) in [5, 5.41) is 17.4. The van der Waals surface area contributed by atoms with Gasteiger partial charge in [-0.25, -0.2) is 9.97 Å². The van der Waals surface area contributed by atoms with Crippen molar-refractivity contribution in [3.8, 4) is 17.1 Å². The summed E-state index contributed by atoms with van der Waals surface area (Å²) in [7, 11) is 3.41. The van der Waals surface area contributed by atoms with E-state index >= 15 is 0 Å². The van der Waals surface area contributed by atoms with Crippen molar-refractivity contribution in [2.75, 3.05) is 17.7 Å². The first-order valence-electron chi connectivity index (χ1n) is 9.33. The van der Waals surface area contributed by atoms with Crippen LogP contribution in [0.25, 0.3) is 11.4 Å². The van der Waals surface area contributed by atoms with Gasteiger partial charge in [-0.15, -0.1) is 0 Å². The number of rotatable bonds is 7. The SMILES string of the molecule is COc1c(Nc2cc(Nc3cc(C)n(C)n3)ncc2C(N)=O)cccc1-c1ncn[nH]1. The number of carbonyl (C=O) groups is 1. The lowest BCUT2D eigenvalue weighted by Crippen LogP contribution is -2.14. The van der Waals surface area contributed by atoms with Crippen LogP contribution in [0.1, 0.15) is 16.1 Å². The molecule has 4 rings (SSSR count). The molecule has 3 aromatic heterocycles. The molecule has 0 aliphatic heterocycles. The zero-order chi connectivity index (χ0) is 22.0. The third-order valence-corrected chi connectivity index (χ3v) is 4.70. The standard InChI is InChI=1S/C20H21N9O2/c1-11-7-17(28-29(11)2)26-16-8-15(13(9-22-16)19(21)30)25-14-6-4-5-12(18(14)31-3)20-23-10-24-27-20/h4-10H,1-3H3,(H2,21,30)(H,23,24,27)(H2,22,25,26,28). The molecule has 0 saturated heterocycles. The van der Waals surface area contributed by atoms with Crippen molar-refractivity contribution in [2.24, 2.45) is 12.8 Å². The molecule has 11 nitrogen and oxygen atoms in total. The van der Waals surface area contributed by atoms with Gasteiger partial charge < -0.3 is 21.1 Å². The van der Waals surface area contributed by atoms with Crippen LogP contribution in [0.2, 0.25) is 0 Å². The van der Waals surface area contributed by atoms with E-state index in [9.17, 15) is 4.79 Å². The molecule has 4 aromatic rings. The Hall–Kier alpha value is -4.41. The first-order valence-corrected chi connectivity index (χ1v) is 9.33. The lowest BCUT2D eigenvalue weighted by Gasteiger charge is -2.16. The fourth-order valence-electron chi connectivity index (χ4n) is 3.10. The zero-order valence-corrected chi connectivity index (χ0v) is 17.2. The van der Waals surface area contributed by atoms with Gasteiger partial charge in [0.2, 0.25) is 0 Å². The number of hydrogen-bond acceptors (Lipinski definition) is 8. The number of hydrogen-bond donors (Lipinski definition) is 4. The highest BCUT2D eigenvalue weighted by Gasteiger charge is 2.17. The molecule has 3 heterocycles. The van der Waals surface area contributed by atoms with Gasteiger partial charge >= 0.3 is 0 Å². The minimum atomic E-state index is -0.611. The topological polar surface area (TPSA) is 149 Å². The predicted molar refractivity (Wildman–Crippen MR) is 116 cm³/mol. The number of aromatic nitrogens is 6. The molecule has 158 valence electrons. The highest BCUT2D eigenvalue weighted by Crippen LogP contribution is 2.37. The van der Waals surface area contributed by atoms with E-state index in [0.717, 1.165) is 5.69 Å². The Bertz CT molecular complexity index is 1210. The number of nitrogens with one attached hydrogen (secondary N) is 3. The fraction of sp³-hybridized carbons (Fsp3) is 0.150.